The van der Waals surface area contributed by atoms with Crippen molar-refractivity contribution in [1.82, 2.24) is 0 Å². The first-order valence-corrected chi connectivity index (χ1v) is 4.13. The van der Waals surface area contributed by atoms with Crippen molar-refractivity contribution in [2.24, 2.45) is 0 Å². The second kappa shape index (κ2) is 5.05. The lowest BCUT2D eigenvalue weighted by molar-refractivity contribution is -0.135. The predicted molar refractivity (Wildman–Crippen MR) is 51.5 cm³/mol. The fourth-order valence-corrected chi connectivity index (χ4v) is 0.995. The Morgan fingerprint density at radius 3 is 2.71 bits per heavy atom. The maximum Gasteiger partial charge on any atom is 0.315 e. The van der Waals surface area contributed by atoms with Gasteiger partial charge in [0.15, 0.2) is 0 Å². The van der Waals surface area contributed by atoms with Crippen molar-refractivity contribution in [2.45, 2.75) is 13.0 Å². The van der Waals surface area contributed by atoms with Gasteiger partial charge in [-0.25, -0.2) is 0 Å². The Bertz CT molecular complexity index is 385. The SMILES string of the molecule is O=C(O)CC#Cc1ccccc1CO. The molecule has 0 aliphatic carbocycles. The summed E-state index contributed by atoms with van der Waals surface area (Å²) in [6.07, 6.45) is -0.181. The minimum Gasteiger partial charge on any atom is -0.481 e. The lowest BCUT2D eigenvalue weighted by atomic mass is 10.1. The van der Waals surface area contributed by atoms with Gasteiger partial charge in [0.05, 0.1) is 6.61 Å². The van der Waals surface area contributed by atoms with E-state index in [1.54, 1.807) is 24.3 Å². The summed E-state index contributed by atoms with van der Waals surface area (Å²) < 4.78 is 0. The van der Waals surface area contributed by atoms with Crippen molar-refractivity contribution in [1.29, 1.82) is 0 Å². The molecule has 0 heterocycles. The first-order valence-electron chi connectivity index (χ1n) is 4.13. The third-order valence-corrected chi connectivity index (χ3v) is 1.65. The van der Waals surface area contributed by atoms with Crippen LogP contribution in [0.3, 0.4) is 0 Å². The van der Waals surface area contributed by atoms with Gasteiger partial charge in [-0.3, -0.25) is 4.79 Å². The maximum atomic E-state index is 10.2. The van der Waals surface area contributed by atoms with Gasteiger partial charge in [-0.1, -0.05) is 30.0 Å². The minimum absolute atomic E-state index is 0.0854. The van der Waals surface area contributed by atoms with Crippen LogP contribution < -0.4 is 0 Å². The number of aliphatic hydroxyl groups excluding tert-OH is 1. The van der Waals surface area contributed by atoms with E-state index < -0.39 is 5.97 Å². The van der Waals surface area contributed by atoms with Gasteiger partial charge >= 0.3 is 5.97 Å². The van der Waals surface area contributed by atoms with E-state index in [1.807, 2.05) is 0 Å². The summed E-state index contributed by atoms with van der Waals surface area (Å²) >= 11 is 0. The molecular weight excluding hydrogens is 180 g/mol. The molecule has 0 radical (unpaired) electrons. The quantitative estimate of drug-likeness (QED) is 0.684. The molecule has 0 fully saturated rings. The minimum atomic E-state index is -0.945. The van der Waals surface area contributed by atoms with Gasteiger partial charge in [0.2, 0.25) is 0 Å². The standard InChI is InChI=1S/C11H10O3/c12-8-10-5-2-1-4-9(10)6-3-7-11(13)14/h1-2,4-5,12H,7-8H2,(H,13,14). The van der Waals surface area contributed by atoms with Crippen molar-refractivity contribution in [3.8, 4) is 11.8 Å². The number of carbonyl (C=O) groups is 1. The van der Waals surface area contributed by atoms with Gasteiger partial charge in [0.25, 0.3) is 0 Å². The number of hydrogen-bond acceptors (Lipinski definition) is 2. The lowest BCUT2D eigenvalue weighted by Crippen LogP contribution is -1.91. The van der Waals surface area contributed by atoms with Gasteiger partial charge in [-0.2, -0.15) is 0 Å². The Labute approximate surface area is 82.0 Å². The monoisotopic (exact) mass is 190 g/mol. The van der Waals surface area contributed by atoms with Gasteiger partial charge in [-0.05, 0) is 11.6 Å². The lowest BCUT2D eigenvalue weighted by Gasteiger charge is -1.97. The zero-order valence-corrected chi connectivity index (χ0v) is 7.53. The van der Waals surface area contributed by atoms with Crippen LogP contribution in [0.15, 0.2) is 24.3 Å². The fourth-order valence-electron chi connectivity index (χ4n) is 0.995. The molecular formula is C11H10O3. The molecule has 0 aliphatic rings. The fraction of sp³-hybridized carbons (Fsp3) is 0.182. The average molecular weight is 190 g/mol. The first kappa shape index (κ1) is 10.3. The molecule has 0 saturated carbocycles. The maximum absolute atomic E-state index is 10.2. The molecule has 0 amide bonds. The largest absolute Gasteiger partial charge is 0.481 e. The van der Waals surface area contributed by atoms with Crippen LogP contribution >= 0.6 is 0 Å². The van der Waals surface area contributed by atoms with Gasteiger partial charge < -0.3 is 10.2 Å². The van der Waals surface area contributed by atoms with Crippen molar-refractivity contribution < 1.29 is 15.0 Å². The Hall–Kier alpha value is -1.79. The molecule has 14 heavy (non-hydrogen) atoms. The predicted octanol–water partition coefficient (Wildman–Crippen LogP) is 1.01. The third-order valence-electron chi connectivity index (χ3n) is 1.65. The van der Waals surface area contributed by atoms with Crippen molar-refractivity contribution in [3.05, 3.63) is 35.4 Å². The van der Waals surface area contributed by atoms with E-state index in [4.69, 9.17) is 10.2 Å². The molecule has 0 aromatic heterocycles. The van der Waals surface area contributed by atoms with Crippen molar-refractivity contribution in [2.75, 3.05) is 0 Å². The highest BCUT2D eigenvalue weighted by Crippen LogP contribution is 2.06. The molecule has 0 bridgehead atoms. The van der Waals surface area contributed by atoms with Crippen molar-refractivity contribution in [3.63, 3.8) is 0 Å². The van der Waals surface area contributed by atoms with E-state index in [2.05, 4.69) is 11.8 Å². The molecule has 2 N–H and O–H groups in total. The highest BCUT2D eigenvalue weighted by atomic mass is 16.4. The van der Waals surface area contributed by atoms with Gasteiger partial charge in [0.1, 0.15) is 6.42 Å². The number of carboxylic acid groups (broad SMARTS) is 1. The summed E-state index contributed by atoms with van der Waals surface area (Å²) in [6.45, 7) is -0.0854. The Balaban J connectivity index is 2.83. The van der Waals surface area contributed by atoms with Crippen LogP contribution in [0.2, 0.25) is 0 Å². The number of aliphatic hydroxyl groups is 1. The van der Waals surface area contributed by atoms with E-state index in [0.717, 1.165) is 0 Å². The molecule has 3 nitrogen and oxygen atoms in total. The van der Waals surface area contributed by atoms with Gasteiger partial charge in [0, 0.05) is 5.56 Å². The van der Waals surface area contributed by atoms with Crippen LogP contribution in [-0.4, -0.2) is 16.2 Å². The van der Waals surface area contributed by atoms with Crippen LogP contribution in [0.5, 0.6) is 0 Å². The van der Waals surface area contributed by atoms with E-state index in [1.165, 1.54) is 0 Å². The molecule has 0 unspecified atom stereocenters. The Kier molecular flexibility index (Phi) is 3.71. The molecule has 0 aliphatic heterocycles. The summed E-state index contributed by atoms with van der Waals surface area (Å²) in [5.74, 6) is 4.27. The van der Waals surface area contributed by atoms with Crippen LogP contribution in [0.4, 0.5) is 0 Å². The zero-order valence-electron chi connectivity index (χ0n) is 7.53. The van der Waals surface area contributed by atoms with Crippen LogP contribution in [0, 0.1) is 11.8 Å². The normalized spacial score (nSPS) is 8.93. The number of aliphatic carboxylic acids is 1. The number of hydrogen-bond donors (Lipinski definition) is 2. The summed E-state index contributed by atoms with van der Waals surface area (Å²) in [7, 11) is 0. The third kappa shape index (κ3) is 2.92. The Morgan fingerprint density at radius 2 is 2.07 bits per heavy atom. The Morgan fingerprint density at radius 1 is 1.36 bits per heavy atom. The molecule has 0 saturated heterocycles. The second-order valence-corrected chi connectivity index (χ2v) is 2.69. The summed E-state index contributed by atoms with van der Waals surface area (Å²) in [6, 6.07) is 7.10. The first-order chi connectivity index (χ1) is 6.74. The number of carboxylic acids is 1. The molecule has 1 aromatic carbocycles. The van der Waals surface area contributed by atoms with Crippen LogP contribution in [0.1, 0.15) is 17.5 Å². The molecule has 0 spiro atoms. The van der Waals surface area contributed by atoms with Crippen molar-refractivity contribution >= 4 is 5.97 Å². The summed E-state index contributed by atoms with van der Waals surface area (Å²) in [4.78, 5) is 10.2. The second-order valence-electron chi connectivity index (χ2n) is 2.69. The summed E-state index contributed by atoms with van der Waals surface area (Å²) in [5.41, 5.74) is 1.39. The topological polar surface area (TPSA) is 57.5 Å². The molecule has 72 valence electrons. The van der Waals surface area contributed by atoms with E-state index in [-0.39, 0.29) is 13.0 Å². The molecule has 1 rings (SSSR count). The van der Waals surface area contributed by atoms with Crippen LogP contribution in [-0.2, 0) is 11.4 Å². The number of rotatable bonds is 2. The van der Waals surface area contributed by atoms with Gasteiger partial charge in [-0.15, -0.1) is 0 Å². The van der Waals surface area contributed by atoms with Crippen LogP contribution in [0.25, 0.3) is 0 Å². The highest BCUT2D eigenvalue weighted by Gasteiger charge is 1.96. The summed E-state index contributed by atoms with van der Waals surface area (Å²) in [5, 5.41) is 17.3. The van der Waals surface area contributed by atoms with E-state index in [9.17, 15) is 4.79 Å². The molecule has 1 aromatic rings. The van der Waals surface area contributed by atoms with E-state index >= 15 is 0 Å². The zero-order chi connectivity index (χ0) is 10.4. The average Bonchev–Trinajstić information content (AvgIpc) is 2.18. The molecule has 0 atom stereocenters. The smallest absolute Gasteiger partial charge is 0.315 e. The number of benzene rings is 1. The highest BCUT2D eigenvalue weighted by molar-refractivity contribution is 5.70. The molecule has 3 heteroatoms. The van der Waals surface area contributed by atoms with E-state index in [0.29, 0.717) is 11.1 Å².